The number of benzene rings is 1. The minimum Gasteiger partial charge on any atom is -0.272 e. The van der Waals surface area contributed by atoms with E-state index in [-0.39, 0.29) is 5.91 Å². The van der Waals surface area contributed by atoms with Crippen LogP contribution in [0, 0.1) is 0 Å². The molecule has 0 spiro atoms. The normalized spacial score (nSPS) is 17.9. The number of fused-ring (bicyclic) bond motifs is 1. The summed E-state index contributed by atoms with van der Waals surface area (Å²) in [4.78, 5) is 18.0. The number of hydrogen-bond donors (Lipinski definition) is 0. The van der Waals surface area contributed by atoms with Crippen molar-refractivity contribution in [3.63, 3.8) is 0 Å². The summed E-state index contributed by atoms with van der Waals surface area (Å²) in [6.45, 7) is 0.519. The lowest BCUT2D eigenvalue weighted by molar-refractivity contribution is -0.126. The zero-order chi connectivity index (χ0) is 18.5. The molecule has 7 heteroatoms. The Morgan fingerprint density at radius 2 is 1.93 bits per heavy atom. The van der Waals surface area contributed by atoms with E-state index in [9.17, 15) is 4.79 Å². The van der Waals surface area contributed by atoms with Gasteiger partial charge in [0.05, 0.1) is 18.3 Å². The maximum absolute atomic E-state index is 12.2. The van der Waals surface area contributed by atoms with Crippen LogP contribution in [0.25, 0.3) is 0 Å². The van der Waals surface area contributed by atoms with Crippen molar-refractivity contribution >= 4 is 11.6 Å². The molecule has 0 N–H and O–H groups in total. The minimum absolute atomic E-state index is 0.0370. The summed E-state index contributed by atoms with van der Waals surface area (Å²) in [5.41, 5.74) is 2.05. The van der Waals surface area contributed by atoms with E-state index in [0.717, 1.165) is 37.2 Å². The molecule has 0 unspecified atom stereocenters. The van der Waals surface area contributed by atoms with Crippen LogP contribution in [0.3, 0.4) is 0 Å². The molecule has 0 atom stereocenters. The first-order chi connectivity index (χ1) is 13.3. The topological polar surface area (TPSA) is 73.1 Å². The van der Waals surface area contributed by atoms with E-state index in [1.807, 2.05) is 22.9 Å². The first-order valence-corrected chi connectivity index (χ1v) is 10.1. The van der Waals surface area contributed by atoms with Crippen LogP contribution in [0.4, 0.5) is 5.69 Å². The van der Waals surface area contributed by atoms with Crippen LogP contribution >= 0.6 is 0 Å². The van der Waals surface area contributed by atoms with Gasteiger partial charge in [-0.3, -0.25) is 9.63 Å². The van der Waals surface area contributed by atoms with E-state index in [1.165, 1.54) is 42.7 Å². The maximum atomic E-state index is 12.2. The molecule has 144 valence electrons. The van der Waals surface area contributed by atoms with Crippen molar-refractivity contribution in [2.45, 2.75) is 70.3 Å². The lowest BCUT2D eigenvalue weighted by atomic mass is 9.95. The van der Waals surface area contributed by atoms with Gasteiger partial charge in [-0.1, -0.05) is 37.5 Å². The van der Waals surface area contributed by atoms with Gasteiger partial charge in [0.2, 0.25) is 0 Å². The summed E-state index contributed by atoms with van der Waals surface area (Å²) in [6, 6.07) is 8.42. The van der Waals surface area contributed by atoms with Gasteiger partial charge in [0.15, 0.2) is 5.82 Å². The molecule has 1 saturated carbocycles. The van der Waals surface area contributed by atoms with Crippen LogP contribution in [-0.2, 0) is 22.5 Å². The second-order valence-electron chi connectivity index (χ2n) is 7.44. The lowest BCUT2D eigenvalue weighted by Gasteiger charge is -2.28. The Balaban J connectivity index is 1.26. The van der Waals surface area contributed by atoms with Gasteiger partial charge >= 0.3 is 0 Å². The molecule has 1 amide bonds. The fourth-order valence-corrected chi connectivity index (χ4v) is 4.07. The highest BCUT2D eigenvalue weighted by Crippen LogP contribution is 2.29. The molecule has 2 heterocycles. The molecule has 7 nitrogen and oxygen atoms in total. The summed E-state index contributed by atoms with van der Waals surface area (Å²) in [5.74, 6) is 1.01. The van der Waals surface area contributed by atoms with Gasteiger partial charge in [-0.15, -0.1) is 5.10 Å². The molecular formula is C20H27N5O2. The molecule has 1 aliphatic heterocycles. The number of hydrogen-bond acceptors (Lipinski definition) is 5. The van der Waals surface area contributed by atoms with Crippen molar-refractivity contribution in [1.82, 2.24) is 20.2 Å². The Morgan fingerprint density at radius 3 is 2.81 bits per heavy atom. The standard InChI is InChI=1S/C20H27N5O2/c26-20-14-13-16-8-4-5-11-18(16)25(20)27-15-7-6-12-19-21-22-23-24(19)17-9-2-1-3-10-17/h4-5,8,11,17H,1-3,6-7,9-10,12-15H2. The number of hydroxylamine groups is 1. The number of tetrazole rings is 1. The van der Waals surface area contributed by atoms with E-state index in [1.54, 1.807) is 0 Å². The molecular weight excluding hydrogens is 342 g/mol. The molecule has 1 aliphatic carbocycles. The largest absolute Gasteiger partial charge is 0.272 e. The van der Waals surface area contributed by atoms with Crippen molar-refractivity contribution in [3.8, 4) is 0 Å². The predicted molar refractivity (Wildman–Crippen MR) is 101 cm³/mol. The Labute approximate surface area is 159 Å². The zero-order valence-electron chi connectivity index (χ0n) is 15.7. The fourth-order valence-electron chi connectivity index (χ4n) is 4.07. The van der Waals surface area contributed by atoms with Crippen LogP contribution in [0.2, 0.25) is 0 Å². The molecule has 1 aromatic carbocycles. The Morgan fingerprint density at radius 1 is 1.07 bits per heavy atom. The lowest BCUT2D eigenvalue weighted by Crippen LogP contribution is -2.35. The number of aryl methyl sites for hydroxylation is 2. The minimum atomic E-state index is 0.0370. The van der Waals surface area contributed by atoms with Crippen LogP contribution < -0.4 is 5.06 Å². The van der Waals surface area contributed by atoms with Crippen molar-refractivity contribution in [2.75, 3.05) is 11.7 Å². The first-order valence-electron chi connectivity index (χ1n) is 10.1. The van der Waals surface area contributed by atoms with E-state index >= 15 is 0 Å². The van der Waals surface area contributed by atoms with Crippen molar-refractivity contribution in [2.24, 2.45) is 0 Å². The van der Waals surface area contributed by atoms with Gasteiger partial charge in [-0.25, -0.2) is 4.68 Å². The van der Waals surface area contributed by atoms with E-state index < -0.39 is 0 Å². The van der Waals surface area contributed by atoms with Gasteiger partial charge in [0.25, 0.3) is 5.91 Å². The molecule has 2 aliphatic rings. The van der Waals surface area contributed by atoms with Crippen LogP contribution in [0.15, 0.2) is 24.3 Å². The highest BCUT2D eigenvalue weighted by Gasteiger charge is 2.24. The summed E-state index contributed by atoms with van der Waals surface area (Å²) in [6.07, 6.45) is 10.2. The molecule has 27 heavy (non-hydrogen) atoms. The number of carbonyl (C=O) groups is 1. The number of carbonyl (C=O) groups excluding carboxylic acids is 1. The summed E-state index contributed by atoms with van der Waals surface area (Å²) >= 11 is 0. The van der Waals surface area contributed by atoms with Gasteiger partial charge in [0.1, 0.15) is 0 Å². The number of anilines is 1. The second kappa shape index (κ2) is 8.61. The number of para-hydroxylation sites is 1. The average Bonchev–Trinajstić information content (AvgIpc) is 3.18. The third-order valence-corrected chi connectivity index (χ3v) is 5.54. The van der Waals surface area contributed by atoms with E-state index in [2.05, 4.69) is 21.6 Å². The highest BCUT2D eigenvalue weighted by molar-refractivity contribution is 5.94. The number of nitrogens with zero attached hydrogens (tertiary/aromatic N) is 5. The van der Waals surface area contributed by atoms with Gasteiger partial charge in [0, 0.05) is 12.8 Å². The number of amides is 1. The molecule has 1 fully saturated rings. The highest BCUT2D eigenvalue weighted by atomic mass is 16.7. The summed E-state index contributed by atoms with van der Waals surface area (Å²) < 4.78 is 2.03. The van der Waals surface area contributed by atoms with Gasteiger partial charge in [-0.05, 0) is 54.2 Å². The van der Waals surface area contributed by atoms with Crippen molar-refractivity contribution in [1.29, 1.82) is 0 Å². The number of aromatic nitrogens is 4. The second-order valence-corrected chi connectivity index (χ2v) is 7.44. The van der Waals surface area contributed by atoms with Crippen LogP contribution in [0.5, 0.6) is 0 Å². The van der Waals surface area contributed by atoms with Crippen molar-refractivity contribution < 1.29 is 9.63 Å². The molecule has 4 rings (SSSR count). The number of rotatable bonds is 7. The Hall–Kier alpha value is -2.28. The van der Waals surface area contributed by atoms with E-state index in [0.29, 0.717) is 19.1 Å². The quantitative estimate of drug-likeness (QED) is 0.699. The molecule has 2 aromatic rings. The predicted octanol–water partition coefficient (Wildman–Crippen LogP) is 3.41. The van der Waals surface area contributed by atoms with Crippen LogP contribution in [0.1, 0.15) is 68.8 Å². The monoisotopic (exact) mass is 369 g/mol. The van der Waals surface area contributed by atoms with Gasteiger partial charge in [-0.2, -0.15) is 5.06 Å². The summed E-state index contributed by atoms with van der Waals surface area (Å²) in [5, 5.41) is 13.8. The number of unbranched alkanes of at least 4 members (excludes halogenated alkanes) is 1. The summed E-state index contributed by atoms with van der Waals surface area (Å²) in [7, 11) is 0. The smallest absolute Gasteiger partial charge is 0.251 e. The molecule has 0 saturated heterocycles. The third-order valence-electron chi connectivity index (χ3n) is 5.54. The van der Waals surface area contributed by atoms with E-state index in [4.69, 9.17) is 4.84 Å². The SMILES string of the molecule is O=C1CCc2ccccc2N1OCCCCc1nnnn1C1CCCCC1. The Kier molecular flexibility index (Phi) is 5.77. The van der Waals surface area contributed by atoms with Crippen LogP contribution in [-0.4, -0.2) is 32.7 Å². The van der Waals surface area contributed by atoms with Gasteiger partial charge < -0.3 is 0 Å². The zero-order valence-corrected chi connectivity index (χ0v) is 15.7. The molecule has 1 aromatic heterocycles. The third kappa shape index (κ3) is 4.18. The fraction of sp³-hybridized carbons (Fsp3) is 0.600. The Bertz CT molecular complexity index is 769. The maximum Gasteiger partial charge on any atom is 0.251 e. The molecule has 0 radical (unpaired) electrons. The first kappa shape index (κ1) is 18.1. The molecule has 0 bridgehead atoms. The van der Waals surface area contributed by atoms with Crippen molar-refractivity contribution in [3.05, 3.63) is 35.7 Å². The average molecular weight is 369 g/mol.